The molecule has 0 radical (unpaired) electrons. The number of aromatic nitrogens is 2. The molecule has 2 atom stereocenters. The maximum absolute atomic E-state index is 15.0. The van der Waals surface area contributed by atoms with Crippen molar-refractivity contribution in [1.29, 1.82) is 0 Å². The number of fused-ring (bicyclic) bond motifs is 5. The number of amides is 1. The van der Waals surface area contributed by atoms with E-state index in [1.807, 2.05) is 0 Å². The van der Waals surface area contributed by atoms with E-state index in [-0.39, 0.29) is 54.0 Å². The number of hydrogen-bond donors (Lipinski definition) is 3. The maximum Gasteiger partial charge on any atom is 0.343 e. The lowest BCUT2D eigenvalue weighted by Gasteiger charge is -2.31. The molecule has 2 aliphatic heterocycles. The first-order chi connectivity index (χ1) is 18.2. The van der Waals surface area contributed by atoms with Crippen LogP contribution in [0.15, 0.2) is 16.9 Å². The Balaban J connectivity index is 1.60. The Kier molecular flexibility index (Phi) is 5.66. The van der Waals surface area contributed by atoms with Crippen LogP contribution in [0.4, 0.5) is 4.39 Å². The van der Waals surface area contributed by atoms with E-state index in [2.05, 4.69) is 5.32 Å². The number of cyclic esters (lactones) is 1. The zero-order chi connectivity index (χ0) is 26.9. The van der Waals surface area contributed by atoms with Crippen LogP contribution in [0.3, 0.4) is 0 Å². The van der Waals surface area contributed by atoms with Gasteiger partial charge in [0.2, 0.25) is 5.91 Å². The van der Waals surface area contributed by atoms with E-state index in [0.717, 1.165) is 22.1 Å². The van der Waals surface area contributed by atoms with Gasteiger partial charge in [-0.2, -0.15) is 0 Å². The van der Waals surface area contributed by atoms with Gasteiger partial charge in [-0.15, -0.1) is 0 Å². The SMILES string of the molecule is CCC1(O)C(=O)OCc2c1cc1n(c2=O)Cc2c-1nc1cc(F)c(C)c3c1c2C(NC(=O)CCCN)CC3. The van der Waals surface area contributed by atoms with Crippen LogP contribution in [-0.2, 0) is 39.5 Å². The number of carbonyl (C=O) groups excluding carboxylic acids is 2. The molecule has 1 aromatic carbocycles. The number of benzene rings is 1. The lowest BCUT2D eigenvalue weighted by molar-refractivity contribution is -0.172. The molecule has 9 nitrogen and oxygen atoms in total. The number of aryl methyl sites for hydroxylation is 1. The van der Waals surface area contributed by atoms with Crippen molar-refractivity contribution >= 4 is 22.8 Å². The smallest absolute Gasteiger partial charge is 0.343 e. The molecule has 3 aromatic rings. The molecule has 0 fully saturated rings. The van der Waals surface area contributed by atoms with Crippen LogP contribution in [0, 0.1) is 12.7 Å². The second-order valence-electron chi connectivity index (χ2n) is 10.4. The van der Waals surface area contributed by atoms with E-state index in [1.54, 1.807) is 24.5 Å². The van der Waals surface area contributed by atoms with Crippen molar-refractivity contribution in [2.45, 2.75) is 70.7 Å². The van der Waals surface area contributed by atoms with E-state index in [9.17, 15) is 23.9 Å². The summed E-state index contributed by atoms with van der Waals surface area (Å²) in [6, 6.07) is 2.70. The fourth-order valence-corrected chi connectivity index (χ4v) is 6.23. The number of carbonyl (C=O) groups is 2. The topological polar surface area (TPSA) is 137 Å². The first-order valence-electron chi connectivity index (χ1n) is 13.0. The van der Waals surface area contributed by atoms with Crippen LogP contribution < -0.4 is 16.6 Å². The highest BCUT2D eigenvalue weighted by molar-refractivity contribution is 5.94. The Morgan fingerprint density at radius 1 is 1.32 bits per heavy atom. The summed E-state index contributed by atoms with van der Waals surface area (Å²) in [6.45, 7) is 3.79. The molecule has 1 amide bonds. The van der Waals surface area contributed by atoms with Crippen LogP contribution in [0.5, 0.6) is 0 Å². The Labute approximate surface area is 217 Å². The molecule has 198 valence electrons. The summed E-state index contributed by atoms with van der Waals surface area (Å²) in [6.07, 6.45) is 2.07. The van der Waals surface area contributed by atoms with Crippen molar-refractivity contribution in [2.75, 3.05) is 6.54 Å². The van der Waals surface area contributed by atoms with Crippen molar-refractivity contribution in [2.24, 2.45) is 5.73 Å². The fraction of sp³-hybridized carbons (Fsp3) is 0.429. The van der Waals surface area contributed by atoms with Gasteiger partial charge in [0.25, 0.3) is 5.56 Å². The molecule has 3 aliphatic rings. The summed E-state index contributed by atoms with van der Waals surface area (Å²) in [5.74, 6) is -1.27. The third-order valence-electron chi connectivity index (χ3n) is 8.32. The highest BCUT2D eigenvalue weighted by Crippen LogP contribution is 2.45. The Morgan fingerprint density at radius 2 is 2.11 bits per heavy atom. The summed E-state index contributed by atoms with van der Waals surface area (Å²) in [5, 5.41) is 15.1. The van der Waals surface area contributed by atoms with Gasteiger partial charge in [0.15, 0.2) is 5.60 Å². The number of nitrogens with two attached hydrogens (primary N) is 1. The van der Waals surface area contributed by atoms with Crippen molar-refractivity contribution < 1.29 is 23.8 Å². The van der Waals surface area contributed by atoms with E-state index in [4.69, 9.17) is 15.5 Å². The number of esters is 1. The molecular formula is C28H29FN4O5. The minimum absolute atomic E-state index is 0.0374. The normalized spacial score (nSPS) is 21.1. The average molecular weight is 521 g/mol. The highest BCUT2D eigenvalue weighted by Gasteiger charge is 2.46. The standard InChI is InChI=1S/C28H29FN4O5/c1-3-28(37)17-9-21-25-15(11-33(21)26(35)16(17)12-38-27(28)36)24-19(31-22(34)5-4-8-30)7-6-14-13(2)18(29)10-20(32-25)23(14)24/h9-10,19,37H,3-8,11-12,30H2,1-2H3,(H,31,34). The van der Waals surface area contributed by atoms with Crippen LogP contribution in [0.2, 0.25) is 0 Å². The number of rotatable bonds is 5. The molecule has 4 heterocycles. The maximum atomic E-state index is 15.0. The molecule has 1 aliphatic carbocycles. The monoisotopic (exact) mass is 520 g/mol. The van der Waals surface area contributed by atoms with Crippen molar-refractivity contribution in [3.8, 4) is 11.4 Å². The van der Waals surface area contributed by atoms with Crippen LogP contribution >= 0.6 is 0 Å². The van der Waals surface area contributed by atoms with Gasteiger partial charge in [-0.1, -0.05) is 6.92 Å². The molecule has 0 saturated heterocycles. The summed E-state index contributed by atoms with van der Waals surface area (Å²) in [5.41, 5.74) is 8.16. The minimum atomic E-state index is -1.94. The third-order valence-corrected chi connectivity index (χ3v) is 8.32. The number of nitrogens with zero attached hydrogens (tertiary/aromatic N) is 2. The number of hydrogen-bond acceptors (Lipinski definition) is 7. The van der Waals surface area contributed by atoms with Gasteiger partial charge in [0.05, 0.1) is 35.1 Å². The lowest BCUT2D eigenvalue weighted by atomic mass is 9.81. The third kappa shape index (κ3) is 3.36. The number of ether oxygens (including phenoxy) is 1. The Morgan fingerprint density at radius 3 is 2.84 bits per heavy atom. The number of aliphatic hydroxyl groups is 1. The molecule has 2 unspecified atom stereocenters. The van der Waals surface area contributed by atoms with Crippen molar-refractivity contribution in [3.63, 3.8) is 0 Å². The molecular weight excluding hydrogens is 491 g/mol. The van der Waals surface area contributed by atoms with Gasteiger partial charge in [0.1, 0.15) is 12.4 Å². The molecule has 10 heteroatoms. The van der Waals surface area contributed by atoms with Gasteiger partial charge in [-0.3, -0.25) is 9.59 Å². The summed E-state index contributed by atoms with van der Waals surface area (Å²) in [4.78, 5) is 43.7. The van der Waals surface area contributed by atoms with Gasteiger partial charge in [-0.25, -0.2) is 14.2 Å². The van der Waals surface area contributed by atoms with Crippen molar-refractivity contribution in [1.82, 2.24) is 14.9 Å². The van der Waals surface area contributed by atoms with Gasteiger partial charge < -0.3 is 25.5 Å². The summed E-state index contributed by atoms with van der Waals surface area (Å²) >= 11 is 0. The first kappa shape index (κ1) is 24.7. The first-order valence-corrected chi connectivity index (χ1v) is 13.0. The molecule has 6 rings (SSSR count). The summed E-state index contributed by atoms with van der Waals surface area (Å²) < 4.78 is 21.7. The largest absolute Gasteiger partial charge is 0.458 e. The Bertz CT molecular complexity index is 1610. The lowest BCUT2D eigenvalue weighted by Crippen LogP contribution is -2.44. The summed E-state index contributed by atoms with van der Waals surface area (Å²) in [7, 11) is 0. The Hall–Kier alpha value is -3.63. The fourth-order valence-electron chi connectivity index (χ4n) is 6.23. The predicted octanol–water partition coefficient (Wildman–Crippen LogP) is 2.37. The van der Waals surface area contributed by atoms with Crippen LogP contribution in [-0.4, -0.2) is 33.1 Å². The molecule has 0 bridgehead atoms. The highest BCUT2D eigenvalue weighted by atomic mass is 19.1. The number of halogens is 1. The second kappa shape index (κ2) is 8.71. The molecule has 0 saturated carbocycles. The van der Waals surface area contributed by atoms with E-state index in [1.165, 1.54) is 6.07 Å². The zero-order valence-electron chi connectivity index (χ0n) is 21.3. The van der Waals surface area contributed by atoms with Crippen LogP contribution in [0.25, 0.3) is 22.3 Å². The van der Waals surface area contributed by atoms with E-state index >= 15 is 0 Å². The molecule has 0 spiro atoms. The van der Waals surface area contributed by atoms with Gasteiger partial charge in [-0.05, 0) is 61.9 Å². The number of nitrogens with one attached hydrogen (secondary N) is 1. The number of pyridine rings is 2. The minimum Gasteiger partial charge on any atom is -0.458 e. The molecule has 2 aromatic heterocycles. The zero-order valence-corrected chi connectivity index (χ0v) is 21.3. The molecule has 4 N–H and O–H groups in total. The van der Waals surface area contributed by atoms with Gasteiger partial charge in [0, 0.05) is 29.0 Å². The van der Waals surface area contributed by atoms with E-state index < -0.39 is 11.6 Å². The quantitative estimate of drug-likeness (QED) is 0.344. The molecule has 38 heavy (non-hydrogen) atoms. The van der Waals surface area contributed by atoms with Crippen LogP contribution in [0.1, 0.15) is 72.0 Å². The second-order valence-corrected chi connectivity index (χ2v) is 10.4. The predicted molar refractivity (Wildman–Crippen MR) is 137 cm³/mol. The van der Waals surface area contributed by atoms with E-state index in [0.29, 0.717) is 54.7 Å². The van der Waals surface area contributed by atoms with Gasteiger partial charge >= 0.3 is 5.97 Å². The average Bonchev–Trinajstić information content (AvgIpc) is 3.27. The van der Waals surface area contributed by atoms with Crippen molar-refractivity contribution in [3.05, 3.63) is 61.7 Å².